The summed E-state index contributed by atoms with van der Waals surface area (Å²) < 4.78 is 65.6. The van der Waals surface area contributed by atoms with Crippen LogP contribution in [0.2, 0.25) is 0 Å². The van der Waals surface area contributed by atoms with Gasteiger partial charge in [-0.15, -0.1) is 0 Å². The van der Waals surface area contributed by atoms with Crippen LogP contribution >= 0.6 is 0 Å². The Bertz CT molecular complexity index is 1210. The molecule has 3 aromatic rings. The fourth-order valence-corrected chi connectivity index (χ4v) is 3.36. The van der Waals surface area contributed by atoms with Crippen molar-refractivity contribution in [1.29, 1.82) is 5.26 Å². The zero-order chi connectivity index (χ0) is 20.5. The van der Waals surface area contributed by atoms with Crippen LogP contribution in [0.3, 0.4) is 0 Å². The molecule has 0 saturated carbocycles. The van der Waals surface area contributed by atoms with Gasteiger partial charge in [0.05, 0.1) is 40.0 Å². The van der Waals surface area contributed by atoms with Crippen LogP contribution in [0.15, 0.2) is 58.8 Å². The van der Waals surface area contributed by atoms with E-state index in [0.29, 0.717) is 27.1 Å². The zero-order valence-corrected chi connectivity index (χ0v) is 15.1. The SMILES string of the molecule is CN(N=Cc1cnn2ccc(C#N)cc12)S(=O)(=O)c1cccc(C(F)(F)F)c1. The molecule has 2 heterocycles. The molecule has 0 atom stereocenters. The van der Waals surface area contributed by atoms with E-state index in [2.05, 4.69) is 10.2 Å². The van der Waals surface area contributed by atoms with Gasteiger partial charge in [-0.25, -0.2) is 4.52 Å². The highest BCUT2D eigenvalue weighted by Crippen LogP contribution is 2.31. The monoisotopic (exact) mass is 407 g/mol. The lowest BCUT2D eigenvalue weighted by atomic mass is 10.2. The van der Waals surface area contributed by atoms with Gasteiger partial charge in [-0.3, -0.25) is 0 Å². The molecule has 7 nitrogen and oxygen atoms in total. The van der Waals surface area contributed by atoms with Gasteiger partial charge in [0.1, 0.15) is 0 Å². The molecule has 0 unspecified atom stereocenters. The van der Waals surface area contributed by atoms with Gasteiger partial charge in [-0.2, -0.15) is 41.5 Å². The number of alkyl halides is 3. The highest BCUT2D eigenvalue weighted by atomic mass is 32.2. The van der Waals surface area contributed by atoms with Gasteiger partial charge >= 0.3 is 6.18 Å². The molecule has 0 aliphatic heterocycles. The van der Waals surface area contributed by atoms with E-state index >= 15 is 0 Å². The van der Waals surface area contributed by atoms with Crippen molar-refractivity contribution in [2.45, 2.75) is 11.1 Å². The number of fused-ring (bicyclic) bond motifs is 1. The number of nitriles is 1. The number of rotatable bonds is 4. The molecule has 144 valence electrons. The molecule has 0 amide bonds. The summed E-state index contributed by atoms with van der Waals surface area (Å²) in [6, 6.07) is 8.51. The number of aromatic nitrogens is 2. The van der Waals surface area contributed by atoms with Gasteiger partial charge in [0, 0.05) is 18.8 Å². The first-order chi connectivity index (χ1) is 13.1. The molecule has 0 saturated heterocycles. The van der Waals surface area contributed by atoms with E-state index in [4.69, 9.17) is 5.26 Å². The van der Waals surface area contributed by atoms with Crippen LogP contribution in [-0.4, -0.2) is 35.7 Å². The van der Waals surface area contributed by atoms with Gasteiger partial charge in [-0.05, 0) is 30.3 Å². The second-order valence-electron chi connectivity index (χ2n) is 5.67. The third kappa shape index (κ3) is 3.67. The Morgan fingerprint density at radius 3 is 2.71 bits per heavy atom. The summed E-state index contributed by atoms with van der Waals surface area (Å²) in [6.07, 6.45) is -0.476. The quantitative estimate of drug-likeness (QED) is 0.491. The lowest BCUT2D eigenvalue weighted by Crippen LogP contribution is -2.22. The third-order valence-electron chi connectivity index (χ3n) is 3.85. The van der Waals surface area contributed by atoms with Crippen molar-refractivity contribution in [3.05, 3.63) is 65.5 Å². The maximum Gasteiger partial charge on any atom is 0.416 e. The van der Waals surface area contributed by atoms with Crippen molar-refractivity contribution in [3.8, 4) is 6.07 Å². The molecule has 0 aliphatic rings. The van der Waals surface area contributed by atoms with Gasteiger partial charge in [0.2, 0.25) is 0 Å². The van der Waals surface area contributed by atoms with Gasteiger partial charge < -0.3 is 0 Å². The minimum Gasteiger partial charge on any atom is -0.240 e. The Morgan fingerprint density at radius 1 is 1.29 bits per heavy atom. The Balaban J connectivity index is 1.92. The Labute approximate surface area is 158 Å². The summed E-state index contributed by atoms with van der Waals surface area (Å²) in [6.45, 7) is 0. The summed E-state index contributed by atoms with van der Waals surface area (Å²) in [5.41, 5.74) is 0.265. The van der Waals surface area contributed by atoms with Crippen LogP contribution in [0, 0.1) is 11.3 Å². The third-order valence-corrected chi connectivity index (χ3v) is 5.49. The summed E-state index contributed by atoms with van der Waals surface area (Å²) in [7, 11) is -3.18. The summed E-state index contributed by atoms with van der Waals surface area (Å²) in [4.78, 5) is -0.534. The Kier molecular flexibility index (Phi) is 4.82. The molecule has 0 bridgehead atoms. The molecule has 1 aromatic carbocycles. The van der Waals surface area contributed by atoms with Crippen molar-refractivity contribution in [1.82, 2.24) is 14.0 Å². The summed E-state index contributed by atoms with van der Waals surface area (Å²) in [5.74, 6) is 0. The van der Waals surface area contributed by atoms with Crippen LogP contribution in [-0.2, 0) is 16.2 Å². The first-order valence-corrected chi connectivity index (χ1v) is 9.14. The molecule has 0 radical (unpaired) electrons. The van der Waals surface area contributed by atoms with Gasteiger partial charge in [-0.1, -0.05) is 6.07 Å². The average Bonchev–Trinajstić information content (AvgIpc) is 3.07. The van der Waals surface area contributed by atoms with Crippen molar-refractivity contribution in [2.75, 3.05) is 7.05 Å². The number of nitrogens with zero attached hydrogens (tertiary/aromatic N) is 5. The van der Waals surface area contributed by atoms with Gasteiger partial charge in [0.25, 0.3) is 10.0 Å². The average molecular weight is 407 g/mol. The number of hydrazone groups is 1. The number of halogens is 3. The largest absolute Gasteiger partial charge is 0.416 e. The number of pyridine rings is 1. The standard InChI is InChI=1S/C17H12F3N5O2S/c1-24(28(26,27)15-4-2-3-14(8-15)17(18,19)20)22-10-13-11-23-25-6-5-12(9-21)7-16(13)25/h2-8,10-11H,1H3. The minimum absolute atomic E-state index is 0.382. The van der Waals surface area contributed by atoms with Crippen molar-refractivity contribution in [3.63, 3.8) is 0 Å². The molecule has 2 aromatic heterocycles. The highest BCUT2D eigenvalue weighted by molar-refractivity contribution is 7.89. The molecule has 11 heteroatoms. The van der Waals surface area contributed by atoms with Crippen molar-refractivity contribution in [2.24, 2.45) is 5.10 Å². The maximum atomic E-state index is 12.8. The molecule has 0 fully saturated rings. The van der Waals surface area contributed by atoms with E-state index in [0.717, 1.165) is 25.2 Å². The van der Waals surface area contributed by atoms with Gasteiger partial charge in [0.15, 0.2) is 0 Å². The smallest absolute Gasteiger partial charge is 0.240 e. The van der Waals surface area contributed by atoms with Crippen LogP contribution < -0.4 is 0 Å². The maximum absolute atomic E-state index is 12.8. The Hall–Kier alpha value is -3.39. The van der Waals surface area contributed by atoms with Crippen LogP contribution in [0.5, 0.6) is 0 Å². The van der Waals surface area contributed by atoms with E-state index < -0.39 is 26.7 Å². The first-order valence-electron chi connectivity index (χ1n) is 7.70. The molecule has 0 N–H and O–H groups in total. The molecule has 3 rings (SSSR count). The highest BCUT2D eigenvalue weighted by Gasteiger charge is 2.32. The molecule has 28 heavy (non-hydrogen) atoms. The van der Waals surface area contributed by atoms with E-state index in [1.807, 2.05) is 6.07 Å². The summed E-state index contributed by atoms with van der Waals surface area (Å²) in [5, 5.41) is 16.8. The van der Waals surface area contributed by atoms with Crippen molar-refractivity contribution < 1.29 is 21.6 Å². The Morgan fingerprint density at radius 2 is 2.04 bits per heavy atom. The lowest BCUT2D eigenvalue weighted by molar-refractivity contribution is -0.137. The predicted octanol–water partition coefficient (Wildman–Crippen LogP) is 2.88. The van der Waals surface area contributed by atoms with Crippen LogP contribution in [0.4, 0.5) is 13.2 Å². The van der Waals surface area contributed by atoms with E-state index in [1.54, 1.807) is 18.3 Å². The number of hydrogen-bond acceptors (Lipinski definition) is 5. The van der Waals surface area contributed by atoms with Crippen LogP contribution in [0.25, 0.3) is 5.52 Å². The molecular weight excluding hydrogens is 395 g/mol. The molecule has 0 spiro atoms. The summed E-state index contributed by atoms with van der Waals surface area (Å²) >= 11 is 0. The normalized spacial score (nSPS) is 12.4. The number of hydrogen-bond donors (Lipinski definition) is 0. The lowest BCUT2D eigenvalue weighted by Gasteiger charge is -2.15. The van der Waals surface area contributed by atoms with E-state index in [9.17, 15) is 21.6 Å². The fourth-order valence-electron chi connectivity index (χ4n) is 2.36. The van der Waals surface area contributed by atoms with Crippen molar-refractivity contribution >= 4 is 21.8 Å². The predicted molar refractivity (Wildman–Crippen MR) is 93.9 cm³/mol. The fraction of sp³-hybridized carbons (Fsp3) is 0.118. The van der Waals surface area contributed by atoms with Crippen LogP contribution in [0.1, 0.15) is 16.7 Å². The minimum atomic E-state index is -4.66. The zero-order valence-electron chi connectivity index (χ0n) is 14.3. The molecule has 0 aliphatic carbocycles. The van der Waals surface area contributed by atoms with E-state index in [1.165, 1.54) is 16.9 Å². The van der Waals surface area contributed by atoms with E-state index in [-0.39, 0.29) is 0 Å². The second-order valence-corrected chi connectivity index (χ2v) is 7.62. The topological polar surface area (TPSA) is 90.8 Å². The number of benzene rings is 1. The number of sulfonamides is 1. The second kappa shape index (κ2) is 6.97. The first kappa shape index (κ1) is 19.4. The molecular formula is C17H12F3N5O2S.